The number of benzene rings is 2. The number of carbonyl (C=O) groups excluding carboxylic acids is 11. The molecule has 0 heterocycles. The fraction of sp³-hybridized carbons (Fsp3) is 0.308. The first kappa shape index (κ1) is 51.4. The molecule has 0 atom stereocenters. The Morgan fingerprint density at radius 2 is 0.817 bits per heavy atom. The molecule has 60 heavy (non-hydrogen) atoms. The van der Waals surface area contributed by atoms with Gasteiger partial charge in [-0.15, -0.1) is 0 Å². The minimum absolute atomic E-state index is 0.0441. The Hall–Kier alpha value is -6.61. The molecule has 19 nitrogen and oxygen atoms in total. The van der Waals surface area contributed by atoms with Crippen LogP contribution < -0.4 is 42.5 Å². The van der Waals surface area contributed by atoms with Crippen LogP contribution in [0.2, 0.25) is 0 Å². The van der Waals surface area contributed by atoms with Crippen LogP contribution in [0.1, 0.15) is 41.0 Å². The molecule has 322 valence electrons. The summed E-state index contributed by atoms with van der Waals surface area (Å²) in [4.78, 5) is 128. The second-order valence-electron chi connectivity index (χ2n) is 12.2. The summed E-state index contributed by atoms with van der Waals surface area (Å²) in [7, 11) is 0. The summed E-state index contributed by atoms with van der Waals surface area (Å²) in [6.07, 6.45) is 0.0441. The minimum atomic E-state index is -0.596. The number of thioether (sulfide) groups is 2. The number of carbonyl (C=O) groups is 11. The van der Waals surface area contributed by atoms with Gasteiger partial charge in [-0.25, -0.2) is 0 Å². The standard InChI is InChI=1S/C21H26N4O6S.C18H22N4O5S/c1-14(2)20(30)22-9-8-16(26)10-23-17(27)11-24-18(28)12-25-19(29)13-32-21(31)15-6-4-3-5-7-15;1-12(2)22-16(25)10-20-14(23)8-19-15(24)9-21-17(26)11-28-18(27)13-6-4-3-5-7-13/h3-7H,1,8-13H2,2H3,(H,22,30)(H,23,27)(H,24,28)(H,25,29);3-7H,1,8-11H2,2H3,(H,19,24)(H,20,23)(H,21,26)(H,22,25). The highest BCUT2D eigenvalue weighted by molar-refractivity contribution is 8.14. The maximum atomic E-state index is 11.9. The van der Waals surface area contributed by atoms with Crippen LogP contribution in [0.4, 0.5) is 0 Å². The Morgan fingerprint density at radius 1 is 0.467 bits per heavy atom. The van der Waals surface area contributed by atoms with Gasteiger partial charge in [0.2, 0.25) is 57.5 Å². The maximum Gasteiger partial charge on any atom is 0.246 e. The summed E-state index contributed by atoms with van der Waals surface area (Å²) in [6, 6.07) is 17.0. The van der Waals surface area contributed by atoms with Gasteiger partial charge in [0.1, 0.15) is 0 Å². The molecule has 0 radical (unpaired) electrons. The van der Waals surface area contributed by atoms with Crippen LogP contribution in [0.15, 0.2) is 85.1 Å². The van der Waals surface area contributed by atoms with E-state index in [4.69, 9.17) is 0 Å². The molecular formula is C39H48N8O11S2. The number of allylic oxidation sites excluding steroid dienone is 1. The number of nitrogens with one attached hydrogen (secondary N) is 8. The van der Waals surface area contributed by atoms with Crippen molar-refractivity contribution in [2.24, 2.45) is 0 Å². The molecule has 0 fully saturated rings. The smallest absolute Gasteiger partial charge is 0.246 e. The topological polar surface area (TPSA) is 284 Å². The van der Waals surface area contributed by atoms with Crippen molar-refractivity contribution in [2.75, 3.05) is 57.3 Å². The van der Waals surface area contributed by atoms with Crippen molar-refractivity contribution in [1.29, 1.82) is 0 Å². The lowest BCUT2D eigenvalue weighted by Crippen LogP contribution is -2.44. The predicted molar refractivity (Wildman–Crippen MR) is 225 cm³/mol. The van der Waals surface area contributed by atoms with E-state index in [-0.39, 0.29) is 85.7 Å². The molecule has 0 spiro atoms. The number of hydrogen-bond acceptors (Lipinski definition) is 13. The highest BCUT2D eigenvalue weighted by Gasteiger charge is 2.14. The third-order valence-corrected chi connectivity index (χ3v) is 8.64. The fourth-order valence-electron chi connectivity index (χ4n) is 3.86. The molecule has 2 rings (SSSR count). The Balaban J connectivity index is 0.000000605. The molecule has 0 saturated carbocycles. The van der Waals surface area contributed by atoms with Gasteiger partial charge in [-0.2, -0.15) is 0 Å². The van der Waals surface area contributed by atoms with E-state index in [1.54, 1.807) is 74.5 Å². The number of amides is 8. The van der Waals surface area contributed by atoms with Gasteiger partial charge < -0.3 is 42.5 Å². The van der Waals surface area contributed by atoms with Crippen LogP contribution in [-0.2, 0) is 43.2 Å². The molecule has 0 saturated heterocycles. The highest BCUT2D eigenvalue weighted by Crippen LogP contribution is 2.12. The van der Waals surface area contributed by atoms with Crippen LogP contribution in [0.5, 0.6) is 0 Å². The zero-order valence-corrected chi connectivity index (χ0v) is 34.7. The van der Waals surface area contributed by atoms with E-state index in [0.29, 0.717) is 22.4 Å². The normalized spacial score (nSPS) is 9.83. The fourth-order valence-corrected chi connectivity index (χ4v) is 5.19. The van der Waals surface area contributed by atoms with Crippen molar-refractivity contribution < 1.29 is 52.7 Å². The molecule has 0 aliphatic carbocycles. The van der Waals surface area contributed by atoms with Crippen molar-refractivity contribution >= 4 is 86.8 Å². The number of rotatable bonds is 23. The second-order valence-corrected chi connectivity index (χ2v) is 14.1. The molecule has 0 bridgehead atoms. The van der Waals surface area contributed by atoms with Crippen molar-refractivity contribution in [2.45, 2.75) is 20.3 Å². The second kappa shape index (κ2) is 29.6. The summed E-state index contributed by atoms with van der Waals surface area (Å²) in [5.41, 5.74) is 1.74. The van der Waals surface area contributed by atoms with Crippen LogP contribution in [0.25, 0.3) is 0 Å². The Labute approximate surface area is 354 Å². The Bertz CT molecular complexity index is 1890. The van der Waals surface area contributed by atoms with Crippen molar-refractivity contribution in [3.05, 3.63) is 96.2 Å². The van der Waals surface area contributed by atoms with Gasteiger partial charge in [0, 0.05) is 35.4 Å². The van der Waals surface area contributed by atoms with Gasteiger partial charge >= 0.3 is 0 Å². The van der Waals surface area contributed by atoms with Gasteiger partial charge in [0.25, 0.3) is 0 Å². The highest BCUT2D eigenvalue weighted by atomic mass is 32.2. The summed E-state index contributed by atoms with van der Waals surface area (Å²) in [6.45, 7) is 8.38. The molecule has 0 aliphatic rings. The molecule has 8 N–H and O–H groups in total. The first-order chi connectivity index (χ1) is 28.5. The number of Topliss-reactive ketones (excluding diaryl/α,β-unsaturated/α-hetero) is 1. The van der Waals surface area contributed by atoms with Gasteiger partial charge in [-0.05, 0) is 13.8 Å². The van der Waals surface area contributed by atoms with E-state index in [2.05, 4.69) is 55.7 Å². The van der Waals surface area contributed by atoms with Crippen molar-refractivity contribution in [3.63, 3.8) is 0 Å². The summed E-state index contributed by atoms with van der Waals surface area (Å²) in [5, 5.41) is 18.4. The molecule has 2 aromatic rings. The third-order valence-electron chi connectivity index (χ3n) is 6.83. The summed E-state index contributed by atoms with van der Waals surface area (Å²) >= 11 is 1.65. The Morgan fingerprint density at radius 3 is 1.18 bits per heavy atom. The zero-order chi connectivity index (χ0) is 44.9. The SMILES string of the molecule is C=C(C)C(=O)NCCC(=O)CNC(=O)CNC(=O)CNC(=O)CSC(=O)c1ccccc1.C=C(C)NC(=O)CNC(=O)CNC(=O)CNC(=O)CSC(=O)c1ccccc1. The van der Waals surface area contributed by atoms with Gasteiger partial charge in [-0.1, -0.05) is 97.3 Å². The number of ketones is 1. The van der Waals surface area contributed by atoms with Crippen LogP contribution in [0.3, 0.4) is 0 Å². The predicted octanol–water partition coefficient (Wildman–Crippen LogP) is -0.881. The van der Waals surface area contributed by atoms with E-state index < -0.39 is 41.4 Å². The van der Waals surface area contributed by atoms with Crippen LogP contribution in [-0.4, -0.2) is 121 Å². The minimum Gasteiger partial charge on any atom is -0.352 e. The number of hydrogen-bond donors (Lipinski definition) is 8. The molecule has 0 aromatic heterocycles. The first-order valence-corrected chi connectivity index (χ1v) is 19.9. The van der Waals surface area contributed by atoms with E-state index in [1.165, 1.54) is 0 Å². The Kier molecular flexibility index (Phi) is 25.3. The molecule has 2 aromatic carbocycles. The van der Waals surface area contributed by atoms with Gasteiger partial charge in [-0.3, -0.25) is 52.7 Å². The average molecular weight is 869 g/mol. The van der Waals surface area contributed by atoms with Crippen molar-refractivity contribution in [3.8, 4) is 0 Å². The molecule has 8 amide bonds. The van der Waals surface area contributed by atoms with E-state index >= 15 is 0 Å². The molecule has 21 heteroatoms. The van der Waals surface area contributed by atoms with Gasteiger partial charge in [0.05, 0.1) is 50.8 Å². The quantitative estimate of drug-likeness (QED) is 0.0631. The van der Waals surface area contributed by atoms with E-state index in [9.17, 15) is 52.7 Å². The lowest BCUT2D eigenvalue weighted by atomic mass is 10.2. The first-order valence-electron chi connectivity index (χ1n) is 17.9. The van der Waals surface area contributed by atoms with Crippen LogP contribution >= 0.6 is 23.5 Å². The average Bonchev–Trinajstić information content (AvgIpc) is 3.23. The zero-order valence-electron chi connectivity index (χ0n) is 33.1. The van der Waals surface area contributed by atoms with E-state index in [0.717, 1.165) is 23.5 Å². The lowest BCUT2D eigenvalue weighted by molar-refractivity contribution is -0.128. The lowest BCUT2D eigenvalue weighted by Gasteiger charge is -2.08. The maximum absolute atomic E-state index is 11.9. The monoisotopic (exact) mass is 868 g/mol. The van der Waals surface area contributed by atoms with Gasteiger partial charge in [0.15, 0.2) is 5.78 Å². The third kappa shape index (κ3) is 25.6. The summed E-state index contributed by atoms with van der Waals surface area (Å²) in [5.74, 6) is -4.62. The molecular weight excluding hydrogens is 821 g/mol. The van der Waals surface area contributed by atoms with Crippen molar-refractivity contribution in [1.82, 2.24) is 42.5 Å². The van der Waals surface area contributed by atoms with E-state index in [1.807, 2.05) is 0 Å². The summed E-state index contributed by atoms with van der Waals surface area (Å²) < 4.78 is 0. The molecule has 0 aliphatic heterocycles. The largest absolute Gasteiger partial charge is 0.352 e. The van der Waals surface area contributed by atoms with Crippen LogP contribution in [0, 0.1) is 0 Å². The molecule has 0 unspecified atom stereocenters.